The van der Waals surface area contributed by atoms with Crippen LogP contribution in [-0.4, -0.2) is 60.7 Å². The molecule has 3 aliphatic rings. The third-order valence-corrected chi connectivity index (χ3v) is 10.0. The van der Waals surface area contributed by atoms with Crippen LogP contribution in [0.2, 0.25) is 0 Å². The number of rotatable bonds is 15. The van der Waals surface area contributed by atoms with Gasteiger partial charge in [0, 0.05) is 45.3 Å². The Morgan fingerprint density at radius 2 is 1.59 bits per heavy atom. The van der Waals surface area contributed by atoms with Gasteiger partial charge in [-0.2, -0.15) is 0 Å². The Kier molecular flexibility index (Phi) is 13.8. The standard InChI is InChI=1S/C38H52O11/c1-10-12-13-14-15-16-17-18-32(43)48-33-24(4)37(9,20-19-23(3)11-2)31-22-29(44-25(5)39)21-30-35(46-27(7)41)49-36(47-28(8)42)38(30,31)34(33)45-26(6)40/h11,15-18,21,24,29,31,33-36H,2-3,10,12-14,19-20,22H2,1,4-9H3/b16-15+,18-17+/t24-,29+,31-,33-,34+,35+,36+,37-,38-/m0/s1. The zero-order valence-corrected chi connectivity index (χ0v) is 29.9. The van der Waals surface area contributed by atoms with E-state index in [1.54, 1.807) is 24.3 Å². The second-order valence-corrected chi connectivity index (χ2v) is 13.4. The molecule has 0 N–H and O–H groups in total. The minimum Gasteiger partial charge on any atom is -0.458 e. The van der Waals surface area contributed by atoms with Crippen LogP contribution in [-0.2, 0) is 52.4 Å². The van der Waals surface area contributed by atoms with Crippen LogP contribution in [0.15, 0.2) is 60.8 Å². The van der Waals surface area contributed by atoms with Gasteiger partial charge in [0.05, 0.1) is 0 Å². The molecular formula is C38H52O11. The van der Waals surface area contributed by atoms with E-state index in [0.717, 1.165) is 31.3 Å². The molecule has 3 rings (SSSR count). The Balaban J connectivity index is 2.28. The second-order valence-electron chi connectivity index (χ2n) is 13.4. The molecule has 49 heavy (non-hydrogen) atoms. The molecule has 1 heterocycles. The van der Waals surface area contributed by atoms with Gasteiger partial charge in [-0.05, 0) is 49.5 Å². The molecule has 0 aromatic heterocycles. The fourth-order valence-corrected chi connectivity index (χ4v) is 7.71. The van der Waals surface area contributed by atoms with Gasteiger partial charge in [0.25, 0.3) is 0 Å². The minimum absolute atomic E-state index is 0.208. The molecular weight excluding hydrogens is 632 g/mol. The molecule has 11 nitrogen and oxygen atoms in total. The largest absolute Gasteiger partial charge is 0.458 e. The molecule has 270 valence electrons. The summed E-state index contributed by atoms with van der Waals surface area (Å²) < 4.78 is 35.7. The van der Waals surface area contributed by atoms with E-state index in [2.05, 4.69) is 20.1 Å². The Bertz CT molecular complexity index is 1380. The first-order chi connectivity index (χ1) is 23.1. The number of ether oxygens (including phenoxy) is 6. The van der Waals surface area contributed by atoms with Gasteiger partial charge >= 0.3 is 29.8 Å². The third kappa shape index (κ3) is 8.98. The fourth-order valence-electron chi connectivity index (χ4n) is 7.71. The summed E-state index contributed by atoms with van der Waals surface area (Å²) in [5.74, 6) is -4.35. The third-order valence-electron chi connectivity index (χ3n) is 10.0. The Labute approximate surface area is 289 Å². The first kappa shape index (κ1) is 39.4. The van der Waals surface area contributed by atoms with Crippen LogP contribution in [0.1, 0.15) is 93.4 Å². The molecule has 0 bridgehead atoms. The van der Waals surface area contributed by atoms with Crippen molar-refractivity contribution < 1.29 is 52.4 Å². The molecule has 0 aromatic rings. The van der Waals surface area contributed by atoms with Crippen LogP contribution in [0.3, 0.4) is 0 Å². The summed E-state index contributed by atoms with van der Waals surface area (Å²) in [5.41, 5.74) is -1.26. The van der Waals surface area contributed by atoms with Crippen molar-refractivity contribution in [3.8, 4) is 0 Å². The summed E-state index contributed by atoms with van der Waals surface area (Å²) in [6, 6.07) is 0. The van der Waals surface area contributed by atoms with E-state index < -0.39 is 83.4 Å². The summed E-state index contributed by atoms with van der Waals surface area (Å²) in [4.78, 5) is 63.7. The summed E-state index contributed by atoms with van der Waals surface area (Å²) in [5, 5.41) is 0. The molecule has 0 aromatic carbocycles. The summed E-state index contributed by atoms with van der Waals surface area (Å²) in [7, 11) is 0. The van der Waals surface area contributed by atoms with E-state index in [1.165, 1.54) is 33.8 Å². The van der Waals surface area contributed by atoms with Crippen LogP contribution < -0.4 is 0 Å². The molecule has 1 spiro atoms. The molecule has 1 saturated heterocycles. The Morgan fingerprint density at radius 1 is 0.939 bits per heavy atom. The van der Waals surface area contributed by atoms with E-state index in [9.17, 15) is 24.0 Å². The van der Waals surface area contributed by atoms with Crippen molar-refractivity contribution in [2.75, 3.05) is 0 Å². The summed E-state index contributed by atoms with van der Waals surface area (Å²) in [6.45, 7) is 18.9. The molecule has 2 fully saturated rings. The minimum atomic E-state index is -1.53. The number of carbonyl (C=O) groups is 5. The number of carbonyl (C=O) groups excluding carboxylic acids is 5. The summed E-state index contributed by atoms with van der Waals surface area (Å²) in [6.07, 6.45) is 9.30. The number of hydrogen-bond donors (Lipinski definition) is 0. The number of unbranched alkanes of at least 4 members (excludes halogenated alkanes) is 3. The van der Waals surface area contributed by atoms with Crippen molar-refractivity contribution >= 4 is 29.8 Å². The van der Waals surface area contributed by atoms with Crippen LogP contribution in [0.25, 0.3) is 0 Å². The lowest BCUT2D eigenvalue weighted by Gasteiger charge is -2.62. The molecule has 9 atom stereocenters. The smallest absolute Gasteiger partial charge is 0.331 e. The monoisotopic (exact) mass is 684 g/mol. The van der Waals surface area contributed by atoms with Crippen LogP contribution >= 0.6 is 0 Å². The van der Waals surface area contributed by atoms with Crippen molar-refractivity contribution in [2.24, 2.45) is 22.7 Å². The lowest BCUT2D eigenvalue weighted by molar-refractivity contribution is -0.279. The molecule has 0 amide bonds. The highest BCUT2D eigenvalue weighted by Gasteiger charge is 2.75. The average molecular weight is 685 g/mol. The van der Waals surface area contributed by atoms with Gasteiger partial charge in [0.1, 0.15) is 17.6 Å². The maximum Gasteiger partial charge on any atom is 0.331 e. The maximum absolute atomic E-state index is 13.5. The summed E-state index contributed by atoms with van der Waals surface area (Å²) >= 11 is 0. The van der Waals surface area contributed by atoms with Crippen molar-refractivity contribution in [2.45, 2.75) is 124 Å². The van der Waals surface area contributed by atoms with Gasteiger partial charge in [-0.15, -0.1) is 0 Å². The van der Waals surface area contributed by atoms with Crippen LogP contribution in [0.5, 0.6) is 0 Å². The molecule has 11 heteroatoms. The highest BCUT2D eigenvalue weighted by atomic mass is 16.8. The number of allylic oxidation sites excluding steroid dienone is 5. The maximum atomic E-state index is 13.5. The van der Waals surface area contributed by atoms with E-state index in [-0.39, 0.29) is 12.0 Å². The fraction of sp³-hybridized carbons (Fsp3) is 0.605. The molecule has 2 aliphatic carbocycles. The van der Waals surface area contributed by atoms with Gasteiger partial charge in [0.2, 0.25) is 12.6 Å². The normalized spacial score (nSPS) is 32.0. The average Bonchev–Trinajstić information content (AvgIpc) is 3.30. The topological polar surface area (TPSA) is 141 Å². The predicted octanol–water partition coefficient (Wildman–Crippen LogP) is 6.37. The highest BCUT2D eigenvalue weighted by molar-refractivity contribution is 5.82. The van der Waals surface area contributed by atoms with Gasteiger partial charge in [0.15, 0.2) is 6.10 Å². The van der Waals surface area contributed by atoms with Crippen molar-refractivity contribution in [3.63, 3.8) is 0 Å². The molecule has 1 aliphatic heterocycles. The SMILES string of the molecule is C=CC(=C)CC[C@@]1(C)[C@@H](C)[C@H](OC(=O)/C=C/C=C/CCCCC)[C@@H](OC(C)=O)[C@]23C(=C[C@@H](OC(C)=O)C[C@@H]12)[C@H](OC(C)=O)O[C@H]3OC(C)=O. The van der Waals surface area contributed by atoms with E-state index in [4.69, 9.17) is 28.4 Å². The quantitative estimate of drug-likeness (QED) is 0.0474. The van der Waals surface area contributed by atoms with Gasteiger partial charge in [-0.25, -0.2) is 4.79 Å². The number of hydrogen-bond acceptors (Lipinski definition) is 11. The zero-order valence-electron chi connectivity index (χ0n) is 29.9. The van der Waals surface area contributed by atoms with Gasteiger partial charge < -0.3 is 23.7 Å². The first-order valence-electron chi connectivity index (χ1n) is 17.0. The van der Waals surface area contributed by atoms with Crippen molar-refractivity contribution in [1.29, 1.82) is 0 Å². The van der Waals surface area contributed by atoms with Gasteiger partial charge in [-0.3, -0.25) is 23.9 Å². The molecule has 0 radical (unpaired) electrons. The second kappa shape index (κ2) is 17.1. The van der Waals surface area contributed by atoms with E-state index >= 15 is 0 Å². The van der Waals surface area contributed by atoms with Crippen molar-refractivity contribution in [1.82, 2.24) is 0 Å². The van der Waals surface area contributed by atoms with Crippen molar-refractivity contribution in [3.05, 3.63) is 60.8 Å². The van der Waals surface area contributed by atoms with Crippen LogP contribution in [0, 0.1) is 22.7 Å². The van der Waals surface area contributed by atoms with E-state index in [0.29, 0.717) is 12.8 Å². The van der Waals surface area contributed by atoms with Crippen LogP contribution in [0.4, 0.5) is 0 Å². The predicted molar refractivity (Wildman–Crippen MR) is 180 cm³/mol. The zero-order chi connectivity index (χ0) is 36.5. The lowest BCUT2D eigenvalue weighted by atomic mass is 9.44. The Hall–Kier alpha value is -3.99. The number of esters is 5. The molecule has 0 unspecified atom stereocenters. The molecule has 1 saturated carbocycles. The van der Waals surface area contributed by atoms with E-state index in [1.807, 2.05) is 19.9 Å². The highest BCUT2D eigenvalue weighted by Crippen LogP contribution is 2.68. The van der Waals surface area contributed by atoms with Gasteiger partial charge in [-0.1, -0.05) is 76.6 Å². The first-order valence-corrected chi connectivity index (χ1v) is 17.0. The Morgan fingerprint density at radius 3 is 2.18 bits per heavy atom. The lowest BCUT2D eigenvalue weighted by Crippen LogP contribution is -2.69.